The van der Waals surface area contributed by atoms with Gasteiger partial charge in [0.25, 0.3) is 5.91 Å². The minimum absolute atomic E-state index is 0.104. The summed E-state index contributed by atoms with van der Waals surface area (Å²) in [4.78, 5) is 14.8. The Kier molecular flexibility index (Phi) is 5.74. The summed E-state index contributed by atoms with van der Waals surface area (Å²) in [7, 11) is 1.65. The third kappa shape index (κ3) is 4.48. The summed E-state index contributed by atoms with van der Waals surface area (Å²) in [5.41, 5.74) is 1.01. The lowest BCUT2D eigenvalue weighted by Gasteiger charge is -2.28. The van der Waals surface area contributed by atoms with Crippen LogP contribution in [0.3, 0.4) is 0 Å². The second kappa shape index (κ2) is 7.99. The first kappa shape index (κ1) is 17.2. The van der Waals surface area contributed by atoms with Gasteiger partial charge in [-0.25, -0.2) is 0 Å². The zero-order valence-corrected chi connectivity index (χ0v) is 14.6. The summed E-state index contributed by atoms with van der Waals surface area (Å²) < 4.78 is 16.5. The first-order valence-electron chi connectivity index (χ1n) is 8.80. The summed E-state index contributed by atoms with van der Waals surface area (Å²) in [6, 6.07) is 8.15. The van der Waals surface area contributed by atoms with Gasteiger partial charge in [-0.1, -0.05) is 12.1 Å². The number of amides is 1. The standard InChI is InChI=1S/C19H27NO4/c1-14(24-13-15-4-3-5-18(10-15)22-2)19(21)20(17-6-7-17)11-16-8-9-23-12-16/h3-5,10,14,16-17H,6-9,11-13H2,1-2H3/t14-,16-/m0/s1. The van der Waals surface area contributed by atoms with Gasteiger partial charge < -0.3 is 19.1 Å². The molecular weight excluding hydrogens is 306 g/mol. The summed E-state index contributed by atoms with van der Waals surface area (Å²) >= 11 is 0. The molecule has 0 radical (unpaired) electrons. The van der Waals surface area contributed by atoms with Gasteiger partial charge in [0.05, 0.1) is 20.3 Å². The van der Waals surface area contributed by atoms with Gasteiger partial charge in [-0.15, -0.1) is 0 Å². The Bertz CT molecular complexity index is 552. The molecule has 2 fully saturated rings. The Balaban J connectivity index is 1.53. The molecule has 5 heteroatoms. The van der Waals surface area contributed by atoms with Gasteiger partial charge in [0, 0.05) is 25.1 Å². The van der Waals surface area contributed by atoms with Crippen LogP contribution < -0.4 is 4.74 Å². The fraction of sp³-hybridized carbons (Fsp3) is 0.632. The van der Waals surface area contributed by atoms with Crippen molar-refractivity contribution >= 4 is 5.91 Å². The monoisotopic (exact) mass is 333 g/mol. The van der Waals surface area contributed by atoms with Gasteiger partial charge in [-0.05, 0) is 43.9 Å². The topological polar surface area (TPSA) is 48.0 Å². The van der Waals surface area contributed by atoms with Crippen LogP contribution in [-0.2, 0) is 20.9 Å². The van der Waals surface area contributed by atoms with Crippen LogP contribution >= 0.6 is 0 Å². The predicted octanol–water partition coefficient (Wildman–Crippen LogP) is 2.63. The molecule has 1 saturated carbocycles. The molecule has 2 aliphatic rings. The number of hydrogen-bond acceptors (Lipinski definition) is 4. The van der Waals surface area contributed by atoms with Gasteiger partial charge in [0.2, 0.25) is 0 Å². The molecule has 0 bridgehead atoms. The molecule has 132 valence electrons. The highest BCUT2D eigenvalue weighted by atomic mass is 16.5. The van der Waals surface area contributed by atoms with E-state index in [1.807, 2.05) is 36.1 Å². The number of ether oxygens (including phenoxy) is 3. The molecule has 1 saturated heterocycles. The van der Waals surface area contributed by atoms with E-state index in [-0.39, 0.29) is 5.91 Å². The van der Waals surface area contributed by atoms with Crippen molar-refractivity contribution in [1.82, 2.24) is 4.90 Å². The van der Waals surface area contributed by atoms with E-state index in [1.165, 1.54) is 0 Å². The first-order valence-corrected chi connectivity index (χ1v) is 8.80. The van der Waals surface area contributed by atoms with Gasteiger partial charge in [-0.3, -0.25) is 4.79 Å². The fourth-order valence-electron chi connectivity index (χ4n) is 3.10. The molecule has 3 rings (SSSR count). The number of carbonyl (C=O) groups is 1. The lowest BCUT2D eigenvalue weighted by molar-refractivity contribution is -0.144. The number of rotatable bonds is 8. The smallest absolute Gasteiger partial charge is 0.251 e. The maximum absolute atomic E-state index is 12.8. The van der Waals surface area contributed by atoms with Crippen molar-refractivity contribution in [2.24, 2.45) is 5.92 Å². The molecule has 1 aromatic rings. The minimum atomic E-state index is -0.431. The number of nitrogens with zero attached hydrogens (tertiary/aromatic N) is 1. The lowest BCUT2D eigenvalue weighted by atomic mass is 10.1. The van der Waals surface area contributed by atoms with Crippen molar-refractivity contribution in [2.45, 2.75) is 44.9 Å². The Labute approximate surface area is 143 Å². The highest BCUT2D eigenvalue weighted by Crippen LogP contribution is 2.30. The Morgan fingerprint density at radius 3 is 2.88 bits per heavy atom. The van der Waals surface area contributed by atoms with E-state index in [0.717, 1.165) is 50.3 Å². The van der Waals surface area contributed by atoms with Crippen LogP contribution in [0.25, 0.3) is 0 Å². The van der Waals surface area contributed by atoms with Crippen molar-refractivity contribution in [3.05, 3.63) is 29.8 Å². The number of carbonyl (C=O) groups excluding carboxylic acids is 1. The van der Waals surface area contributed by atoms with E-state index in [9.17, 15) is 4.79 Å². The van der Waals surface area contributed by atoms with E-state index >= 15 is 0 Å². The SMILES string of the molecule is COc1cccc(CO[C@@H](C)C(=O)N(C[C@@H]2CCOC2)C2CC2)c1. The first-order chi connectivity index (χ1) is 11.7. The molecule has 1 aliphatic carbocycles. The third-order valence-corrected chi connectivity index (χ3v) is 4.73. The zero-order valence-electron chi connectivity index (χ0n) is 14.6. The number of benzene rings is 1. The highest BCUT2D eigenvalue weighted by molar-refractivity contribution is 5.81. The average Bonchev–Trinajstić information content (AvgIpc) is 3.33. The van der Waals surface area contributed by atoms with Crippen molar-refractivity contribution < 1.29 is 19.0 Å². The second-order valence-corrected chi connectivity index (χ2v) is 6.76. The van der Waals surface area contributed by atoms with Crippen LogP contribution in [0.15, 0.2) is 24.3 Å². The zero-order chi connectivity index (χ0) is 16.9. The summed E-state index contributed by atoms with van der Waals surface area (Å²) in [5, 5.41) is 0. The molecule has 0 spiro atoms. The Morgan fingerprint density at radius 1 is 1.38 bits per heavy atom. The van der Waals surface area contributed by atoms with Gasteiger partial charge in [-0.2, -0.15) is 0 Å². The van der Waals surface area contributed by atoms with Crippen molar-refractivity contribution in [3.63, 3.8) is 0 Å². The van der Waals surface area contributed by atoms with Crippen LogP contribution in [0.4, 0.5) is 0 Å². The molecule has 24 heavy (non-hydrogen) atoms. The molecule has 2 atom stereocenters. The summed E-state index contributed by atoms with van der Waals surface area (Å²) in [6.07, 6.45) is 2.85. The third-order valence-electron chi connectivity index (χ3n) is 4.73. The second-order valence-electron chi connectivity index (χ2n) is 6.76. The van der Waals surface area contributed by atoms with Gasteiger partial charge >= 0.3 is 0 Å². The van der Waals surface area contributed by atoms with Crippen molar-refractivity contribution in [3.8, 4) is 5.75 Å². The van der Waals surface area contributed by atoms with E-state index in [1.54, 1.807) is 7.11 Å². The molecule has 1 amide bonds. The van der Waals surface area contributed by atoms with E-state index < -0.39 is 6.10 Å². The highest BCUT2D eigenvalue weighted by Gasteiger charge is 2.36. The number of methoxy groups -OCH3 is 1. The van der Waals surface area contributed by atoms with Crippen LogP contribution in [-0.4, -0.2) is 49.8 Å². The molecule has 0 unspecified atom stereocenters. The van der Waals surface area contributed by atoms with Gasteiger partial charge in [0.15, 0.2) is 0 Å². The van der Waals surface area contributed by atoms with E-state index in [2.05, 4.69) is 0 Å². The summed E-state index contributed by atoms with van der Waals surface area (Å²) in [6.45, 7) is 4.66. The fourth-order valence-corrected chi connectivity index (χ4v) is 3.10. The Hall–Kier alpha value is -1.59. The summed E-state index contributed by atoms with van der Waals surface area (Å²) in [5.74, 6) is 1.38. The van der Waals surface area contributed by atoms with E-state index in [0.29, 0.717) is 18.6 Å². The van der Waals surface area contributed by atoms with Crippen LogP contribution in [0, 0.1) is 5.92 Å². The van der Waals surface area contributed by atoms with E-state index in [4.69, 9.17) is 14.2 Å². The molecule has 0 aromatic heterocycles. The largest absolute Gasteiger partial charge is 0.497 e. The minimum Gasteiger partial charge on any atom is -0.497 e. The molecule has 5 nitrogen and oxygen atoms in total. The molecule has 1 aliphatic heterocycles. The lowest BCUT2D eigenvalue weighted by Crippen LogP contribution is -2.43. The van der Waals surface area contributed by atoms with Crippen LogP contribution in [0.1, 0.15) is 31.7 Å². The molecule has 1 heterocycles. The quantitative estimate of drug-likeness (QED) is 0.734. The maximum atomic E-state index is 12.8. The van der Waals surface area contributed by atoms with Gasteiger partial charge in [0.1, 0.15) is 11.9 Å². The molecule has 0 N–H and O–H groups in total. The van der Waals surface area contributed by atoms with Crippen molar-refractivity contribution in [2.75, 3.05) is 26.9 Å². The van der Waals surface area contributed by atoms with Crippen LogP contribution in [0.5, 0.6) is 5.75 Å². The normalized spacial score (nSPS) is 21.5. The predicted molar refractivity (Wildman–Crippen MR) is 90.9 cm³/mol. The Morgan fingerprint density at radius 2 is 2.21 bits per heavy atom. The van der Waals surface area contributed by atoms with Crippen LogP contribution in [0.2, 0.25) is 0 Å². The maximum Gasteiger partial charge on any atom is 0.251 e. The number of hydrogen-bond donors (Lipinski definition) is 0. The van der Waals surface area contributed by atoms with Crippen molar-refractivity contribution in [1.29, 1.82) is 0 Å². The molecular formula is C19H27NO4. The molecule has 1 aromatic carbocycles. The average molecular weight is 333 g/mol.